The van der Waals surface area contributed by atoms with Crippen LogP contribution in [0.5, 0.6) is 0 Å². The summed E-state index contributed by atoms with van der Waals surface area (Å²) in [5.74, 6) is 1.54. The van der Waals surface area contributed by atoms with E-state index in [1.54, 1.807) is 0 Å². The fourth-order valence-corrected chi connectivity index (χ4v) is 3.03. The molecule has 0 spiro atoms. The topological polar surface area (TPSA) is 35.0 Å². The normalized spacial score (nSPS) is 28.3. The van der Waals surface area contributed by atoms with Gasteiger partial charge >= 0.3 is 0 Å². The molecule has 1 atom stereocenters. The number of ether oxygens (including phenoxy) is 1. The Morgan fingerprint density at radius 3 is 2.89 bits per heavy atom. The highest BCUT2D eigenvalue weighted by Crippen LogP contribution is 2.42. The molecular weight excluding hydrogens is 292 g/mol. The largest absolute Gasteiger partial charge is 0.367 e. The molecule has 4 heteroatoms. The fraction of sp³-hybridized carbons (Fsp3) is 0.714. The molecular formula is C14H19BrN2O. The molecule has 98 valence electrons. The van der Waals surface area contributed by atoms with E-state index in [-0.39, 0.29) is 5.60 Å². The smallest absolute Gasteiger partial charge is 0.160 e. The first kappa shape index (κ1) is 12.5. The molecule has 1 aliphatic heterocycles. The van der Waals surface area contributed by atoms with Gasteiger partial charge in [0, 0.05) is 29.6 Å². The number of hydrogen-bond acceptors (Lipinski definition) is 3. The average molecular weight is 311 g/mol. The highest BCUT2D eigenvalue weighted by molar-refractivity contribution is 9.08. The van der Waals surface area contributed by atoms with Crippen molar-refractivity contribution < 1.29 is 4.74 Å². The molecule has 3 nitrogen and oxygen atoms in total. The summed E-state index contributed by atoms with van der Waals surface area (Å²) in [4.78, 5) is 9.38. The maximum absolute atomic E-state index is 5.94. The van der Waals surface area contributed by atoms with Crippen LogP contribution in [-0.4, -0.2) is 16.6 Å². The number of halogens is 1. The lowest BCUT2D eigenvalue weighted by molar-refractivity contribution is -0.0762. The van der Waals surface area contributed by atoms with Crippen LogP contribution < -0.4 is 0 Å². The third-order valence-electron chi connectivity index (χ3n) is 3.95. The first-order chi connectivity index (χ1) is 8.73. The van der Waals surface area contributed by atoms with Crippen molar-refractivity contribution in [3.63, 3.8) is 0 Å². The second-order valence-electron chi connectivity index (χ2n) is 5.55. The van der Waals surface area contributed by atoms with Gasteiger partial charge in [0.2, 0.25) is 0 Å². The van der Waals surface area contributed by atoms with Crippen LogP contribution in [0.1, 0.15) is 62.0 Å². The van der Waals surface area contributed by atoms with E-state index in [1.807, 2.05) is 6.20 Å². The minimum absolute atomic E-state index is 0.271. The summed E-state index contributed by atoms with van der Waals surface area (Å²) in [6, 6.07) is 0. The van der Waals surface area contributed by atoms with Gasteiger partial charge in [0.15, 0.2) is 5.82 Å². The summed E-state index contributed by atoms with van der Waals surface area (Å²) in [7, 11) is 0. The first-order valence-corrected chi connectivity index (χ1v) is 7.91. The molecule has 1 saturated carbocycles. The van der Waals surface area contributed by atoms with Crippen LogP contribution >= 0.6 is 15.9 Å². The van der Waals surface area contributed by atoms with E-state index in [0.717, 1.165) is 30.6 Å². The molecule has 1 aliphatic carbocycles. The predicted octanol–water partition coefficient (Wildman–Crippen LogP) is 3.66. The van der Waals surface area contributed by atoms with E-state index >= 15 is 0 Å². The molecule has 0 amide bonds. The van der Waals surface area contributed by atoms with E-state index < -0.39 is 0 Å². The lowest BCUT2D eigenvalue weighted by atomic mass is 9.94. The SMILES string of the molecule is CC1(c2ncc(CBr)c(C3CC3)n2)CCCCO1. The molecule has 0 radical (unpaired) electrons. The Morgan fingerprint density at radius 1 is 1.44 bits per heavy atom. The number of nitrogens with zero attached hydrogens (tertiary/aromatic N) is 2. The van der Waals surface area contributed by atoms with Gasteiger partial charge in [-0.2, -0.15) is 0 Å². The van der Waals surface area contributed by atoms with Gasteiger partial charge in [-0.05, 0) is 39.0 Å². The molecule has 1 aromatic rings. The standard InChI is InChI=1S/C14H19BrN2O/c1-14(6-2-3-7-18-14)13-16-9-11(8-15)12(17-13)10-4-5-10/h9-10H,2-8H2,1H3. The van der Waals surface area contributed by atoms with Gasteiger partial charge in [-0.25, -0.2) is 9.97 Å². The van der Waals surface area contributed by atoms with Gasteiger partial charge in [0.25, 0.3) is 0 Å². The zero-order valence-electron chi connectivity index (χ0n) is 10.8. The van der Waals surface area contributed by atoms with Gasteiger partial charge in [-0.1, -0.05) is 15.9 Å². The van der Waals surface area contributed by atoms with Crippen molar-refractivity contribution in [2.24, 2.45) is 0 Å². The molecule has 1 aromatic heterocycles. The van der Waals surface area contributed by atoms with Crippen molar-refractivity contribution in [3.8, 4) is 0 Å². The van der Waals surface area contributed by atoms with E-state index in [9.17, 15) is 0 Å². The van der Waals surface area contributed by atoms with E-state index in [0.29, 0.717) is 5.92 Å². The van der Waals surface area contributed by atoms with Gasteiger partial charge in [-0.15, -0.1) is 0 Å². The van der Waals surface area contributed by atoms with E-state index in [1.165, 1.54) is 30.5 Å². The minimum Gasteiger partial charge on any atom is -0.367 e. The van der Waals surface area contributed by atoms with Crippen LogP contribution in [0, 0.1) is 0 Å². The molecule has 2 fully saturated rings. The molecule has 0 N–H and O–H groups in total. The van der Waals surface area contributed by atoms with Gasteiger partial charge in [-0.3, -0.25) is 0 Å². The Morgan fingerprint density at radius 2 is 2.28 bits per heavy atom. The third kappa shape index (κ3) is 2.32. The molecule has 1 saturated heterocycles. The summed E-state index contributed by atoms with van der Waals surface area (Å²) < 4.78 is 5.94. The summed E-state index contributed by atoms with van der Waals surface area (Å²) in [6.07, 6.45) is 7.92. The summed E-state index contributed by atoms with van der Waals surface area (Å²) >= 11 is 3.53. The molecule has 1 unspecified atom stereocenters. The van der Waals surface area contributed by atoms with Crippen molar-refractivity contribution in [1.29, 1.82) is 0 Å². The Balaban J connectivity index is 1.94. The minimum atomic E-state index is -0.271. The summed E-state index contributed by atoms with van der Waals surface area (Å²) in [5, 5.41) is 0.844. The number of aromatic nitrogens is 2. The molecule has 2 heterocycles. The van der Waals surface area contributed by atoms with Crippen LogP contribution in [-0.2, 0) is 15.7 Å². The highest BCUT2D eigenvalue weighted by atomic mass is 79.9. The van der Waals surface area contributed by atoms with Gasteiger partial charge in [0.1, 0.15) is 5.60 Å². The zero-order chi connectivity index (χ0) is 12.6. The van der Waals surface area contributed by atoms with Crippen molar-refractivity contribution >= 4 is 15.9 Å². The number of alkyl halides is 1. The van der Waals surface area contributed by atoms with Crippen molar-refractivity contribution in [1.82, 2.24) is 9.97 Å². The monoisotopic (exact) mass is 310 g/mol. The molecule has 18 heavy (non-hydrogen) atoms. The maximum atomic E-state index is 5.94. The van der Waals surface area contributed by atoms with Crippen molar-refractivity contribution in [2.75, 3.05) is 6.61 Å². The van der Waals surface area contributed by atoms with Crippen LogP contribution in [0.4, 0.5) is 0 Å². The van der Waals surface area contributed by atoms with Gasteiger partial charge in [0.05, 0.1) is 5.69 Å². The molecule has 3 rings (SSSR count). The fourth-order valence-electron chi connectivity index (χ4n) is 2.60. The summed E-state index contributed by atoms with van der Waals surface area (Å²) in [6.45, 7) is 2.96. The third-order valence-corrected chi connectivity index (χ3v) is 4.55. The molecule has 0 aromatic carbocycles. The van der Waals surface area contributed by atoms with Crippen LogP contribution in [0.2, 0.25) is 0 Å². The highest BCUT2D eigenvalue weighted by Gasteiger charge is 2.35. The Bertz CT molecular complexity index is 439. The quantitative estimate of drug-likeness (QED) is 0.799. The maximum Gasteiger partial charge on any atom is 0.160 e. The number of hydrogen-bond donors (Lipinski definition) is 0. The lowest BCUT2D eigenvalue weighted by Gasteiger charge is -2.32. The second-order valence-corrected chi connectivity index (χ2v) is 6.11. The second kappa shape index (κ2) is 4.89. The summed E-state index contributed by atoms with van der Waals surface area (Å²) in [5.41, 5.74) is 2.21. The lowest BCUT2D eigenvalue weighted by Crippen LogP contribution is -2.32. The predicted molar refractivity (Wildman–Crippen MR) is 73.8 cm³/mol. The first-order valence-electron chi connectivity index (χ1n) is 6.79. The Labute approximate surface area is 116 Å². The van der Waals surface area contributed by atoms with E-state index in [2.05, 4.69) is 27.8 Å². The van der Waals surface area contributed by atoms with Gasteiger partial charge < -0.3 is 4.74 Å². The van der Waals surface area contributed by atoms with Crippen molar-refractivity contribution in [2.45, 2.75) is 55.9 Å². The molecule has 2 aliphatic rings. The number of rotatable bonds is 3. The Kier molecular flexibility index (Phi) is 3.41. The van der Waals surface area contributed by atoms with Crippen LogP contribution in [0.3, 0.4) is 0 Å². The zero-order valence-corrected chi connectivity index (χ0v) is 12.4. The van der Waals surface area contributed by atoms with E-state index in [4.69, 9.17) is 9.72 Å². The van der Waals surface area contributed by atoms with Crippen LogP contribution in [0.15, 0.2) is 6.20 Å². The average Bonchev–Trinajstić information content (AvgIpc) is 3.23. The Hall–Kier alpha value is -0.480. The van der Waals surface area contributed by atoms with Crippen molar-refractivity contribution in [3.05, 3.63) is 23.3 Å². The molecule has 0 bridgehead atoms. The van der Waals surface area contributed by atoms with Crippen LogP contribution in [0.25, 0.3) is 0 Å².